The van der Waals surface area contributed by atoms with Crippen molar-refractivity contribution in [1.29, 1.82) is 0 Å². The lowest BCUT2D eigenvalue weighted by molar-refractivity contribution is 0.619. The molecular formula is C33H32. The van der Waals surface area contributed by atoms with E-state index in [1.165, 1.54) is 55.3 Å². The lowest BCUT2D eigenvalue weighted by atomic mass is 9.69. The van der Waals surface area contributed by atoms with E-state index in [2.05, 4.69) is 112 Å². The Balaban J connectivity index is 1.61. The van der Waals surface area contributed by atoms with Gasteiger partial charge in [-0.1, -0.05) is 123 Å². The smallest absolute Gasteiger partial charge is 0.0201 e. The lowest BCUT2D eigenvalue weighted by Gasteiger charge is -2.34. The number of fused-ring (bicyclic) bond motifs is 2. The van der Waals surface area contributed by atoms with Crippen LogP contribution >= 0.6 is 0 Å². The zero-order valence-corrected chi connectivity index (χ0v) is 19.8. The first-order valence-corrected chi connectivity index (χ1v) is 12.1. The highest BCUT2D eigenvalue weighted by Gasteiger charge is 2.40. The summed E-state index contributed by atoms with van der Waals surface area (Å²) in [6, 6.07) is 26.2. The molecule has 0 saturated heterocycles. The fourth-order valence-electron chi connectivity index (χ4n) is 5.85. The topological polar surface area (TPSA) is 0 Å². The highest BCUT2D eigenvalue weighted by Crippen LogP contribution is 2.55. The van der Waals surface area contributed by atoms with Gasteiger partial charge in [0, 0.05) is 11.8 Å². The molecule has 0 bridgehead atoms. The van der Waals surface area contributed by atoms with Crippen molar-refractivity contribution in [2.75, 3.05) is 0 Å². The third-order valence-corrected chi connectivity index (χ3v) is 7.30. The minimum absolute atomic E-state index is 0.288. The largest absolute Gasteiger partial charge is 0.0955 e. The molecule has 5 rings (SSSR count). The van der Waals surface area contributed by atoms with E-state index in [1.54, 1.807) is 0 Å². The first-order chi connectivity index (χ1) is 16.1. The minimum Gasteiger partial charge on any atom is -0.0955 e. The molecule has 0 aliphatic heterocycles. The number of benzene rings is 3. The molecule has 2 aliphatic rings. The number of hydrogen-bond donors (Lipinski definition) is 0. The third-order valence-electron chi connectivity index (χ3n) is 7.30. The highest BCUT2D eigenvalue weighted by atomic mass is 14.4. The molecule has 164 valence electrons. The number of rotatable bonds is 5. The van der Waals surface area contributed by atoms with Gasteiger partial charge in [-0.05, 0) is 64.0 Å². The van der Waals surface area contributed by atoms with Gasteiger partial charge >= 0.3 is 0 Å². The predicted octanol–water partition coefficient (Wildman–Crippen LogP) is 9.20. The molecule has 3 aromatic rings. The van der Waals surface area contributed by atoms with E-state index >= 15 is 0 Å². The molecule has 0 nitrogen and oxygen atoms in total. The Kier molecular flexibility index (Phi) is 5.77. The molecule has 0 unspecified atom stereocenters. The Bertz CT molecular complexity index is 1320. The van der Waals surface area contributed by atoms with Crippen LogP contribution in [0.2, 0.25) is 0 Å². The van der Waals surface area contributed by atoms with Gasteiger partial charge in [-0.2, -0.15) is 0 Å². The van der Waals surface area contributed by atoms with Crippen molar-refractivity contribution in [3.63, 3.8) is 0 Å². The quantitative estimate of drug-likeness (QED) is 0.380. The average Bonchev–Trinajstić information content (AvgIpc) is 3.13. The van der Waals surface area contributed by atoms with Crippen molar-refractivity contribution in [2.24, 2.45) is 5.92 Å². The fourth-order valence-corrected chi connectivity index (χ4v) is 5.85. The van der Waals surface area contributed by atoms with Crippen molar-refractivity contribution in [1.82, 2.24) is 0 Å². The molecule has 0 spiro atoms. The van der Waals surface area contributed by atoms with Gasteiger partial charge in [-0.3, -0.25) is 0 Å². The summed E-state index contributed by atoms with van der Waals surface area (Å²) < 4.78 is 0. The van der Waals surface area contributed by atoms with E-state index in [4.69, 9.17) is 0 Å². The van der Waals surface area contributed by atoms with Crippen molar-refractivity contribution in [3.05, 3.63) is 137 Å². The zero-order chi connectivity index (χ0) is 22.9. The Morgan fingerprint density at radius 1 is 0.939 bits per heavy atom. The molecule has 3 aromatic carbocycles. The lowest BCUT2D eigenvalue weighted by Crippen LogP contribution is -2.21. The number of hydrogen-bond acceptors (Lipinski definition) is 0. The van der Waals surface area contributed by atoms with Crippen molar-refractivity contribution >= 4 is 16.8 Å². The van der Waals surface area contributed by atoms with Gasteiger partial charge < -0.3 is 0 Å². The van der Waals surface area contributed by atoms with Crippen LogP contribution in [-0.2, 0) is 0 Å². The van der Waals surface area contributed by atoms with Gasteiger partial charge in [0.1, 0.15) is 0 Å². The fraction of sp³-hybridized carbons (Fsp3) is 0.212. The highest BCUT2D eigenvalue weighted by molar-refractivity contribution is 5.91. The summed E-state index contributed by atoms with van der Waals surface area (Å²) in [5.41, 5.74) is 10.8. The van der Waals surface area contributed by atoms with Gasteiger partial charge in [-0.25, -0.2) is 0 Å². The van der Waals surface area contributed by atoms with Crippen LogP contribution in [0.5, 0.6) is 0 Å². The molecule has 33 heavy (non-hydrogen) atoms. The van der Waals surface area contributed by atoms with Gasteiger partial charge in [0.25, 0.3) is 0 Å². The molecular weight excluding hydrogens is 396 g/mol. The van der Waals surface area contributed by atoms with E-state index in [0.717, 1.165) is 19.3 Å². The van der Waals surface area contributed by atoms with Crippen LogP contribution in [0.25, 0.3) is 16.8 Å². The van der Waals surface area contributed by atoms with Crippen LogP contribution in [-0.4, -0.2) is 0 Å². The second kappa shape index (κ2) is 8.87. The molecule has 2 aliphatic carbocycles. The third kappa shape index (κ3) is 3.85. The van der Waals surface area contributed by atoms with E-state index in [0.29, 0.717) is 5.92 Å². The molecule has 0 amide bonds. The van der Waals surface area contributed by atoms with E-state index in [1.807, 2.05) is 0 Å². The van der Waals surface area contributed by atoms with Gasteiger partial charge in [0.15, 0.2) is 0 Å². The second-order valence-electron chi connectivity index (χ2n) is 9.48. The summed E-state index contributed by atoms with van der Waals surface area (Å²) in [6.45, 7) is 13.7. The summed E-state index contributed by atoms with van der Waals surface area (Å²) >= 11 is 0. The van der Waals surface area contributed by atoms with E-state index < -0.39 is 0 Å². The molecule has 0 heterocycles. The van der Waals surface area contributed by atoms with Crippen molar-refractivity contribution in [2.45, 2.75) is 39.0 Å². The molecule has 2 atom stereocenters. The van der Waals surface area contributed by atoms with Gasteiger partial charge in [0.05, 0.1) is 0 Å². The summed E-state index contributed by atoms with van der Waals surface area (Å²) in [4.78, 5) is 0. The standard InChI is InChI=1S/C33H32/c1-5-12-22(2)31-23(3)19-29-21-28(20-27-17-11-16-25-13-9-10-18-30(25)27)24(4)32(29)33(31)26-14-7-6-8-15-26/h6-11,13-20,32-33H,2,4-5,12,21H2,1,3H3/b28-20+/t32-,33-/m0/s1. The Morgan fingerprint density at radius 2 is 1.67 bits per heavy atom. The Labute approximate surface area is 198 Å². The first-order valence-electron chi connectivity index (χ1n) is 12.1. The monoisotopic (exact) mass is 428 g/mol. The van der Waals surface area contributed by atoms with Crippen LogP contribution in [0.15, 0.2) is 125 Å². The van der Waals surface area contributed by atoms with E-state index in [-0.39, 0.29) is 5.92 Å². The second-order valence-corrected chi connectivity index (χ2v) is 9.48. The Morgan fingerprint density at radius 3 is 2.45 bits per heavy atom. The zero-order valence-electron chi connectivity index (χ0n) is 19.8. The summed E-state index contributed by atoms with van der Waals surface area (Å²) in [7, 11) is 0. The van der Waals surface area contributed by atoms with Crippen LogP contribution in [0.1, 0.15) is 50.2 Å². The van der Waals surface area contributed by atoms with Crippen LogP contribution in [0, 0.1) is 5.92 Å². The first kappa shape index (κ1) is 21.5. The minimum atomic E-state index is 0.288. The number of allylic oxidation sites excluding steroid dienone is 7. The summed E-state index contributed by atoms with van der Waals surface area (Å²) in [6.07, 6.45) is 7.93. The van der Waals surface area contributed by atoms with Gasteiger partial charge in [-0.15, -0.1) is 0 Å². The molecule has 0 radical (unpaired) electrons. The molecule has 0 N–H and O–H groups in total. The normalized spacial score (nSPS) is 21.5. The summed E-state index contributed by atoms with van der Waals surface area (Å²) in [5.74, 6) is 0.595. The van der Waals surface area contributed by atoms with Crippen molar-refractivity contribution < 1.29 is 0 Å². The predicted molar refractivity (Wildman–Crippen MR) is 143 cm³/mol. The maximum atomic E-state index is 4.68. The van der Waals surface area contributed by atoms with E-state index in [9.17, 15) is 0 Å². The Hall–Kier alpha value is -3.38. The molecule has 1 fully saturated rings. The van der Waals surface area contributed by atoms with Crippen LogP contribution < -0.4 is 0 Å². The molecule has 0 aromatic heterocycles. The van der Waals surface area contributed by atoms with Gasteiger partial charge in [0.2, 0.25) is 0 Å². The summed E-state index contributed by atoms with van der Waals surface area (Å²) in [5, 5.41) is 2.58. The van der Waals surface area contributed by atoms with Crippen LogP contribution in [0.4, 0.5) is 0 Å². The van der Waals surface area contributed by atoms with Crippen molar-refractivity contribution in [3.8, 4) is 0 Å². The maximum absolute atomic E-state index is 4.68. The molecule has 0 heteroatoms. The molecule has 1 saturated carbocycles. The van der Waals surface area contributed by atoms with Crippen LogP contribution in [0.3, 0.4) is 0 Å². The average molecular weight is 429 g/mol. The maximum Gasteiger partial charge on any atom is 0.0201 e. The SMILES string of the molecule is C=C(CCC)C1=C(C)C=C2C/C(=C\c3cccc4ccccc34)C(=C)[C@@H]2[C@H]1c1ccccc1.